The summed E-state index contributed by atoms with van der Waals surface area (Å²) >= 11 is 12.3. The van der Waals surface area contributed by atoms with Gasteiger partial charge in [0.1, 0.15) is 5.70 Å². The lowest BCUT2D eigenvalue weighted by molar-refractivity contribution is -0.384. The van der Waals surface area contributed by atoms with Crippen molar-refractivity contribution >= 4 is 64.3 Å². The van der Waals surface area contributed by atoms with Crippen molar-refractivity contribution in [3.05, 3.63) is 151 Å². The second-order valence-electron chi connectivity index (χ2n) is 8.62. The second kappa shape index (κ2) is 13.3. The standard InChI is InChI=1S/C31H21Cl2N3O5/c32-24-12-9-23(27(33)19-24)18-28(35-30(38)22-4-2-1-3-5-22)31(39)34-25-13-10-21(11-14-25)29(37)17-8-20-6-15-26(16-7-20)36(40)41/h1-19H,(H,34,39)(H,35,38)/b17-8+,28-18-. The van der Waals surface area contributed by atoms with Crippen molar-refractivity contribution in [2.75, 3.05) is 5.32 Å². The van der Waals surface area contributed by atoms with Crippen molar-refractivity contribution in [1.29, 1.82) is 0 Å². The number of ketones is 1. The molecular weight excluding hydrogens is 565 g/mol. The Morgan fingerprint density at radius 1 is 0.805 bits per heavy atom. The normalized spacial score (nSPS) is 11.2. The number of benzene rings is 4. The van der Waals surface area contributed by atoms with E-state index in [0.717, 1.165) is 0 Å². The van der Waals surface area contributed by atoms with Crippen molar-refractivity contribution in [2.24, 2.45) is 0 Å². The van der Waals surface area contributed by atoms with E-state index in [0.29, 0.717) is 38.0 Å². The summed E-state index contributed by atoms with van der Waals surface area (Å²) in [4.78, 5) is 48.9. The van der Waals surface area contributed by atoms with Crippen LogP contribution in [0.3, 0.4) is 0 Å². The molecular formula is C31H21Cl2N3O5. The van der Waals surface area contributed by atoms with Gasteiger partial charge in [-0.1, -0.05) is 53.5 Å². The zero-order valence-electron chi connectivity index (χ0n) is 21.2. The Kier molecular flexibility index (Phi) is 9.42. The van der Waals surface area contributed by atoms with Gasteiger partial charge in [-0.2, -0.15) is 0 Å². The number of hydrogen-bond donors (Lipinski definition) is 2. The number of anilines is 1. The number of hydrogen-bond acceptors (Lipinski definition) is 5. The minimum absolute atomic E-state index is 0.0417. The van der Waals surface area contributed by atoms with E-state index in [4.69, 9.17) is 23.2 Å². The van der Waals surface area contributed by atoms with Crippen LogP contribution in [-0.4, -0.2) is 22.5 Å². The maximum atomic E-state index is 13.2. The zero-order chi connectivity index (χ0) is 29.4. The monoisotopic (exact) mass is 585 g/mol. The molecule has 0 spiro atoms. The van der Waals surface area contributed by atoms with Gasteiger partial charge >= 0.3 is 0 Å². The van der Waals surface area contributed by atoms with Gasteiger partial charge in [-0.3, -0.25) is 24.5 Å². The topological polar surface area (TPSA) is 118 Å². The fraction of sp³-hybridized carbons (Fsp3) is 0. The molecule has 204 valence electrons. The molecule has 0 saturated heterocycles. The van der Waals surface area contributed by atoms with Gasteiger partial charge in [0.05, 0.1) is 4.92 Å². The van der Waals surface area contributed by atoms with Crippen LogP contribution in [0.25, 0.3) is 12.2 Å². The zero-order valence-corrected chi connectivity index (χ0v) is 22.7. The van der Waals surface area contributed by atoms with Crippen molar-refractivity contribution in [1.82, 2.24) is 5.32 Å². The molecule has 0 aliphatic rings. The molecule has 4 aromatic carbocycles. The highest BCUT2D eigenvalue weighted by Crippen LogP contribution is 2.23. The summed E-state index contributed by atoms with van der Waals surface area (Å²) in [5, 5.41) is 16.8. The third kappa shape index (κ3) is 7.98. The van der Waals surface area contributed by atoms with Crippen LogP contribution >= 0.6 is 23.2 Å². The second-order valence-corrected chi connectivity index (χ2v) is 9.47. The van der Waals surface area contributed by atoms with Crippen LogP contribution in [0, 0.1) is 10.1 Å². The maximum Gasteiger partial charge on any atom is 0.272 e. The summed E-state index contributed by atoms with van der Waals surface area (Å²) in [6, 6.07) is 25.2. The van der Waals surface area contributed by atoms with Gasteiger partial charge < -0.3 is 10.6 Å². The van der Waals surface area contributed by atoms with E-state index in [-0.39, 0.29) is 17.2 Å². The lowest BCUT2D eigenvalue weighted by atomic mass is 10.1. The van der Waals surface area contributed by atoms with Crippen LogP contribution in [0.4, 0.5) is 11.4 Å². The molecule has 2 amide bonds. The van der Waals surface area contributed by atoms with Crippen LogP contribution in [0.2, 0.25) is 10.0 Å². The Labute approximate surface area is 245 Å². The van der Waals surface area contributed by atoms with Gasteiger partial charge in [0, 0.05) is 39.0 Å². The summed E-state index contributed by atoms with van der Waals surface area (Å²) < 4.78 is 0. The molecule has 0 aliphatic heterocycles. The first-order valence-electron chi connectivity index (χ1n) is 12.1. The van der Waals surface area contributed by atoms with Crippen LogP contribution < -0.4 is 10.6 Å². The van der Waals surface area contributed by atoms with Crippen LogP contribution in [0.5, 0.6) is 0 Å². The van der Waals surface area contributed by atoms with Crippen molar-refractivity contribution in [2.45, 2.75) is 0 Å². The number of carbonyl (C=O) groups is 3. The Morgan fingerprint density at radius 3 is 2.12 bits per heavy atom. The average Bonchev–Trinajstić information content (AvgIpc) is 2.97. The highest BCUT2D eigenvalue weighted by molar-refractivity contribution is 6.35. The third-order valence-electron chi connectivity index (χ3n) is 5.75. The number of halogens is 2. The molecule has 0 fully saturated rings. The van der Waals surface area contributed by atoms with Crippen LogP contribution in [-0.2, 0) is 4.79 Å². The van der Waals surface area contributed by atoms with Gasteiger partial charge in [0.2, 0.25) is 0 Å². The molecule has 0 atom stereocenters. The highest BCUT2D eigenvalue weighted by Gasteiger charge is 2.16. The van der Waals surface area contributed by atoms with Gasteiger partial charge in [0.15, 0.2) is 5.78 Å². The molecule has 0 aromatic heterocycles. The predicted octanol–water partition coefficient (Wildman–Crippen LogP) is 7.21. The van der Waals surface area contributed by atoms with E-state index >= 15 is 0 Å². The molecule has 0 heterocycles. The molecule has 0 radical (unpaired) electrons. The molecule has 41 heavy (non-hydrogen) atoms. The molecule has 0 aliphatic carbocycles. The molecule has 0 bridgehead atoms. The summed E-state index contributed by atoms with van der Waals surface area (Å²) in [5.74, 6) is -1.40. The fourth-order valence-electron chi connectivity index (χ4n) is 3.61. The number of nitrogens with one attached hydrogen (secondary N) is 2. The molecule has 4 aromatic rings. The molecule has 0 saturated carbocycles. The summed E-state index contributed by atoms with van der Waals surface area (Å²) in [7, 11) is 0. The maximum absolute atomic E-state index is 13.2. The van der Waals surface area contributed by atoms with Gasteiger partial charge in [0.25, 0.3) is 17.5 Å². The Balaban J connectivity index is 1.49. The van der Waals surface area contributed by atoms with E-state index in [1.54, 1.807) is 84.9 Å². The molecule has 8 nitrogen and oxygen atoms in total. The minimum Gasteiger partial charge on any atom is -0.321 e. The molecule has 0 unspecified atom stereocenters. The van der Waals surface area contributed by atoms with E-state index in [2.05, 4.69) is 10.6 Å². The van der Waals surface area contributed by atoms with E-state index in [1.165, 1.54) is 30.4 Å². The lowest BCUT2D eigenvalue weighted by Crippen LogP contribution is -2.30. The number of nitrogens with zero attached hydrogens (tertiary/aromatic N) is 1. The number of nitro groups is 1. The number of non-ortho nitro benzene ring substituents is 1. The van der Waals surface area contributed by atoms with Gasteiger partial charge in [-0.25, -0.2) is 0 Å². The summed E-state index contributed by atoms with van der Waals surface area (Å²) in [6.45, 7) is 0. The Hall–Kier alpha value is -5.05. The average molecular weight is 586 g/mol. The highest BCUT2D eigenvalue weighted by atomic mass is 35.5. The first-order chi connectivity index (χ1) is 19.7. The van der Waals surface area contributed by atoms with Gasteiger partial charge in [-0.15, -0.1) is 0 Å². The lowest BCUT2D eigenvalue weighted by Gasteiger charge is -2.12. The van der Waals surface area contributed by atoms with Gasteiger partial charge in [-0.05, 0) is 83.9 Å². The van der Waals surface area contributed by atoms with E-state index < -0.39 is 16.7 Å². The first-order valence-corrected chi connectivity index (χ1v) is 12.9. The SMILES string of the molecule is O=C(Nc1ccc(C(=O)/C=C/c2ccc([N+](=O)[O-])cc2)cc1)/C(=C/c1ccc(Cl)cc1Cl)NC(=O)c1ccccc1. The minimum atomic E-state index is -0.613. The van der Waals surface area contributed by atoms with Crippen LogP contribution in [0.15, 0.2) is 109 Å². The predicted molar refractivity (Wildman–Crippen MR) is 160 cm³/mol. The third-order valence-corrected chi connectivity index (χ3v) is 6.31. The van der Waals surface area contributed by atoms with Crippen LogP contribution in [0.1, 0.15) is 31.8 Å². The molecule has 2 N–H and O–H groups in total. The van der Waals surface area contributed by atoms with E-state index in [9.17, 15) is 24.5 Å². The number of rotatable bonds is 9. The number of carbonyl (C=O) groups excluding carboxylic acids is 3. The smallest absolute Gasteiger partial charge is 0.272 e. The van der Waals surface area contributed by atoms with Crippen molar-refractivity contribution < 1.29 is 19.3 Å². The quantitative estimate of drug-likeness (QED) is 0.0930. The largest absolute Gasteiger partial charge is 0.321 e. The molecule has 10 heteroatoms. The van der Waals surface area contributed by atoms with Crippen molar-refractivity contribution in [3.63, 3.8) is 0 Å². The fourth-order valence-corrected chi connectivity index (χ4v) is 4.07. The number of nitro benzene ring substituents is 1. The Morgan fingerprint density at radius 2 is 1.49 bits per heavy atom. The first kappa shape index (κ1) is 28.9. The number of amides is 2. The molecule has 4 rings (SSSR count). The Bertz CT molecular complexity index is 1670. The summed E-state index contributed by atoms with van der Waals surface area (Å²) in [5.41, 5.74) is 2.10. The van der Waals surface area contributed by atoms with Crippen molar-refractivity contribution in [3.8, 4) is 0 Å². The number of allylic oxidation sites excluding steroid dienone is 1. The van der Waals surface area contributed by atoms with E-state index in [1.807, 2.05) is 0 Å². The summed E-state index contributed by atoms with van der Waals surface area (Å²) in [6.07, 6.45) is 4.34.